The van der Waals surface area contributed by atoms with Crippen molar-refractivity contribution < 1.29 is 0 Å². The van der Waals surface area contributed by atoms with Crippen molar-refractivity contribution >= 4 is 43.4 Å². The average Bonchev–Trinajstić information content (AvgIpc) is 3.54. The molecule has 0 aliphatic heterocycles. The highest BCUT2D eigenvalue weighted by Crippen LogP contribution is 2.38. The average molecular weight is 651 g/mol. The Bertz CT molecular complexity index is 2770. The van der Waals surface area contributed by atoms with Crippen LogP contribution in [0.3, 0.4) is 0 Å². The van der Waals surface area contributed by atoms with Crippen LogP contribution in [0.5, 0.6) is 0 Å². The summed E-state index contributed by atoms with van der Waals surface area (Å²) in [6.45, 7) is 0. The van der Waals surface area contributed by atoms with Crippen molar-refractivity contribution in [1.29, 1.82) is 0 Å². The zero-order valence-corrected chi connectivity index (χ0v) is 27.6. The number of benzene rings is 8. The number of fused-ring (bicyclic) bond motifs is 5. The maximum Gasteiger partial charge on any atom is 0.164 e. The van der Waals surface area contributed by atoms with E-state index in [0.717, 1.165) is 55.3 Å². The van der Waals surface area contributed by atoms with E-state index < -0.39 is 0 Å². The predicted octanol–water partition coefficient (Wildman–Crippen LogP) is 11.9. The van der Waals surface area contributed by atoms with Crippen molar-refractivity contribution in [3.8, 4) is 51.0 Å². The highest BCUT2D eigenvalue weighted by atomic mass is 15.0. The van der Waals surface area contributed by atoms with Crippen molar-refractivity contribution in [2.24, 2.45) is 0 Å². The number of nitrogens with zero attached hydrogens (tertiary/aromatic N) is 4. The van der Waals surface area contributed by atoms with Crippen LogP contribution in [-0.4, -0.2) is 19.5 Å². The van der Waals surface area contributed by atoms with Gasteiger partial charge in [0.25, 0.3) is 0 Å². The third-order valence-corrected chi connectivity index (χ3v) is 9.81. The summed E-state index contributed by atoms with van der Waals surface area (Å²) in [4.78, 5) is 15.5. The summed E-state index contributed by atoms with van der Waals surface area (Å²) in [6.07, 6.45) is 0. The van der Waals surface area contributed by atoms with Crippen LogP contribution in [0.15, 0.2) is 182 Å². The Hall–Kier alpha value is -6.91. The molecular weight excluding hydrogens is 621 g/mol. The van der Waals surface area contributed by atoms with Gasteiger partial charge in [-0.2, -0.15) is 0 Å². The Morgan fingerprint density at radius 3 is 1.29 bits per heavy atom. The molecule has 0 amide bonds. The molecule has 0 saturated heterocycles. The van der Waals surface area contributed by atoms with E-state index in [1.807, 2.05) is 0 Å². The largest absolute Gasteiger partial charge is 0.309 e. The van der Waals surface area contributed by atoms with Crippen molar-refractivity contribution in [1.82, 2.24) is 19.5 Å². The fourth-order valence-electron chi connectivity index (χ4n) is 7.32. The minimum atomic E-state index is 0.623. The van der Waals surface area contributed by atoms with Gasteiger partial charge in [-0.1, -0.05) is 152 Å². The number of hydrogen-bond donors (Lipinski definition) is 0. The van der Waals surface area contributed by atoms with Crippen LogP contribution in [0.4, 0.5) is 0 Å². The van der Waals surface area contributed by atoms with E-state index in [4.69, 9.17) is 15.0 Å². The molecule has 0 radical (unpaired) electrons. The van der Waals surface area contributed by atoms with Gasteiger partial charge < -0.3 is 4.57 Å². The molecule has 4 heteroatoms. The first kappa shape index (κ1) is 29.0. The number of hydrogen-bond acceptors (Lipinski definition) is 3. The predicted molar refractivity (Wildman–Crippen MR) is 211 cm³/mol. The van der Waals surface area contributed by atoms with E-state index in [-0.39, 0.29) is 0 Å². The van der Waals surface area contributed by atoms with E-state index in [1.165, 1.54) is 21.5 Å². The fourth-order valence-corrected chi connectivity index (χ4v) is 7.32. The van der Waals surface area contributed by atoms with Crippen molar-refractivity contribution in [3.63, 3.8) is 0 Å². The zero-order chi connectivity index (χ0) is 33.7. The molecule has 2 heterocycles. The molecule has 0 atom stereocenters. The maximum absolute atomic E-state index is 5.19. The van der Waals surface area contributed by atoms with Crippen LogP contribution in [0.2, 0.25) is 0 Å². The Morgan fingerprint density at radius 2 is 0.745 bits per heavy atom. The van der Waals surface area contributed by atoms with Gasteiger partial charge in [-0.15, -0.1) is 0 Å². The van der Waals surface area contributed by atoms with E-state index in [2.05, 4.69) is 187 Å². The standard InChI is InChI=1S/C47H30N4/c1-2-14-33(15-3-1)39-27-26-38(30-44(39)51-42-20-10-8-18-40(42)41-19-9-11-21-43(41)51)47-49-45(36-24-22-31-12-4-6-16-34(31)28-36)48-46(50-47)37-25-23-32-13-5-7-17-35(32)29-37/h1-30H. The van der Waals surface area contributed by atoms with Crippen LogP contribution in [0.25, 0.3) is 94.3 Å². The normalized spacial score (nSPS) is 11.5. The lowest BCUT2D eigenvalue weighted by Gasteiger charge is -2.16. The summed E-state index contributed by atoms with van der Waals surface area (Å²) in [5, 5.41) is 7.08. The molecule has 238 valence electrons. The molecule has 2 aromatic heterocycles. The third kappa shape index (κ3) is 5.04. The fraction of sp³-hybridized carbons (Fsp3) is 0. The van der Waals surface area contributed by atoms with Gasteiger partial charge in [0.2, 0.25) is 0 Å². The quantitative estimate of drug-likeness (QED) is 0.186. The summed E-state index contributed by atoms with van der Waals surface area (Å²) >= 11 is 0. The molecule has 10 aromatic rings. The van der Waals surface area contributed by atoms with Gasteiger partial charge in [-0.3, -0.25) is 0 Å². The molecule has 0 saturated carbocycles. The number of rotatable bonds is 5. The Balaban J connectivity index is 1.23. The van der Waals surface area contributed by atoms with Gasteiger partial charge in [-0.25, -0.2) is 15.0 Å². The molecular formula is C47H30N4. The zero-order valence-electron chi connectivity index (χ0n) is 27.6. The third-order valence-electron chi connectivity index (χ3n) is 9.81. The molecule has 4 nitrogen and oxygen atoms in total. The lowest BCUT2D eigenvalue weighted by Crippen LogP contribution is -2.02. The van der Waals surface area contributed by atoms with Gasteiger partial charge in [0, 0.05) is 33.0 Å². The van der Waals surface area contributed by atoms with Gasteiger partial charge in [-0.05, 0) is 57.4 Å². The van der Waals surface area contributed by atoms with Crippen LogP contribution in [0.1, 0.15) is 0 Å². The molecule has 0 N–H and O–H groups in total. The summed E-state index contributed by atoms with van der Waals surface area (Å²) in [5.41, 5.74) is 8.45. The maximum atomic E-state index is 5.19. The van der Waals surface area contributed by atoms with Crippen LogP contribution >= 0.6 is 0 Å². The molecule has 0 aliphatic rings. The van der Waals surface area contributed by atoms with Gasteiger partial charge in [0.15, 0.2) is 17.5 Å². The first-order chi connectivity index (χ1) is 25.3. The van der Waals surface area contributed by atoms with Gasteiger partial charge in [0.05, 0.1) is 16.7 Å². The molecule has 0 bridgehead atoms. The minimum absolute atomic E-state index is 0.623. The van der Waals surface area contributed by atoms with E-state index in [1.54, 1.807) is 0 Å². The highest BCUT2D eigenvalue weighted by Gasteiger charge is 2.19. The molecule has 0 fully saturated rings. The lowest BCUT2D eigenvalue weighted by molar-refractivity contribution is 1.07. The number of para-hydroxylation sites is 2. The smallest absolute Gasteiger partial charge is 0.164 e. The molecule has 0 aliphatic carbocycles. The second-order valence-corrected chi connectivity index (χ2v) is 12.9. The SMILES string of the molecule is c1ccc(-c2ccc(-c3nc(-c4ccc5ccccc5c4)nc(-c4ccc5ccccc5c4)n3)cc2-n2c3ccccc3c3ccccc32)cc1. The number of aromatic nitrogens is 4. The summed E-state index contributed by atoms with van der Waals surface area (Å²) < 4.78 is 2.38. The van der Waals surface area contributed by atoms with E-state index in [0.29, 0.717) is 17.5 Å². The van der Waals surface area contributed by atoms with E-state index in [9.17, 15) is 0 Å². The topological polar surface area (TPSA) is 43.6 Å². The molecule has 0 spiro atoms. The second-order valence-electron chi connectivity index (χ2n) is 12.9. The summed E-state index contributed by atoms with van der Waals surface area (Å²) in [7, 11) is 0. The van der Waals surface area contributed by atoms with Crippen LogP contribution < -0.4 is 0 Å². The van der Waals surface area contributed by atoms with Gasteiger partial charge in [0.1, 0.15) is 0 Å². The first-order valence-corrected chi connectivity index (χ1v) is 17.2. The molecule has 8 aromatic carbocycles. The Kier molecular flexibility index (Phi) is 6.78. The Morgan fingerprint density at radius 1 is 0.314 bits per heavy atom. The monoisotopic (exact) mass is 650 g/mol. The minimum Gasteiger partial charge on any atom is -0.309 e. The lowest BCUT2D eigenvalue weighted by atomic mass is 10.0. The van der Waals surface area contributed by atoms with Gasteiger partial charge >= 0.3 is 0 Å². The summed E-state index contributed by atoms with van der Waals surface area (Å²) in [5.74, 6) is 1.90. The Labute approximate surface area is 295 Å². The van der Waals surface area contributed by atoms with Crippen molar-refractivity contribution in [2.45, 2.75) is 0 Å². The van der Waals surface area contributed by atoms with Crippen molar-refractivity contribution in [3.05, 3.63) is 182 Å². The van der Waals surface area contributed by atoms with Crippen molar-refractivity contribution in [2.75, 3.05) is 0 Å². The molecule has 51 heavy (non-hydrogen) atoms. The van der Waals surface area contributed by atoms with E-state index >= 15 is 0 Å². The van der Waals surface area contributed by atoms with Crippen LogP contribution in [-0.2, 0) is 0 Å². The highest BCUT2D eigenvalue weighted by molar-refractivity contribution is 6.10. The first-order valence-electron chi connectivity index (χ1n) is 17.2. The summed E-state index contributed by atoms with van der Waals surface area (Å²) in [6, 6.07) is 64.0. The molecule has 0 unspecified atom stereocenters. The molecule has 10 rings (SSSR count). The second kappa shape index (κ2) is 11.9. The van der Waals surface area contributed by atoms with Crippen LogP contribution in [0, 0.1) is 0 Å².